The Balaban J connectivity index is 1.58. The number of carbonyl (C=O) groups excluding carboxylic acids is 2. The maximum absolute atomic E-state index is 12.8. The number of rotatable bonds is 5. The van der Waals surface area contributed by atoms with Crippen LogP contribution in [0.1, 0.15) is 50.2 Å². The summed E-state index contributed by atoms with van der Waals surface area (Å²) < 4.78 is 5.76. The molecule has 0 atom stereocenters. The SMILES string of the molecule is CCC1CCC2(CC1)NC(=O)N(CCOc1cc(C)cc(C)c1)C2=O. The molecule has 25 heavy (non-hydrogen) atoms. The van der Waals surface area contributed by atoms with E-state index in [9.17, 15) is 9.59 Å². The van der Waals surface area contributed by atoms with Crippen LogP contribution in [0.2, 0.25) is 0 Å². The monoisotopic (exact) mass is 344 g/mol. The summed E-state index contributed by atoms with van der Waals surface area (Å²) in [7, 11) is 0. The van der Waals surface area contributed by atoms with Crippen molar-refractivity contribution >= 4 is 11.9 Å². The van der Waals surface area contributed by atoms with Gasteiger partial charge in [0.2, 0.25) is 0 Å². The molecule has 2 aliphatic rings. The quantitative estimate of drug-likeness (QED) is 0.831. The van der Waals surface area contributed by atoms with E-state index in [0.717, 1.165) is 49.0 Å². The number of hydrogen-bond donors (Lipinski definition) is 1. The number of imide groups is 1. The Kier molecular flexibility index (Phi) is 5.02. The van der Waals surface area contributed by atoms with Crippen molar-refractivity contribution in [2.24, 2.45) is 5.92 Å². The van der Waals surface area contributed by atoms with E-state index in [1.807, 2.05) is 26.0 Å². The summed E-state index contributed by atoms with van der Waals surface area (Å²) in [5.74, 6) is 1.39. The minimum atomic E-state index is -0.664. The number of aryl methyl sites for hydroxylation is 2. The Morgan fingerprint density at radius 3 is 2.40 bits per heavy atom. The van der Waals surface area contributed by atoms with Gasteiger partial charge in [-0.3, -0.25) is 9.69 Å². The fourth-order valence-electron chi connectivity index (χ4n) is 4.07. The van der Waals surface area contributed by atoms with Gasteiger partial charge in [0.15, 0.2) is 0 Å². The van der Waals surface area contributed by atoms with Gasteiger partial charge in [-0.05, 0) is 68.7 Å². The molecule has 0 unspecified atom stereocenters. The van der Waals surface area contributed by atoms with E-state index in [1.165, 1.54) is 4.90 Å². The predicted octanol–water partition coefficient (Wildman–Crippen LogP) is 3.57. The zero-order valence-electron chi connectivity index (χ0n) is 15.4. The molecule has 3 rings (SSSR count). The van der Waals surface area contributed by atoms with Crippen molar-refractivity contribution in [1.82, 2.24) is 10.2 Å². The highest BCUT2D eigenvalue weighted by Gasteiger charge is 2.52. The second kappa shape index (κ2) is 7.06. The molecule has 1 saturated carbocycles. The Morgan fingerprint density at radius 1 is 1.16 bits per heavy atom. The Morgan fingerprint density at radius 2 is 1.80 bits per heavy atom. The largest absolute Gasteiger partial charge is 0.492 e. The summed E-state index contributed by atoms with van der Waals surface area (Å²) in [6, 6.07) is 5.74. The molecule has 1 heterocycles. The van der Waals surface area contributed by atoms with E-state index >= 15 is 0 Å². The molecule has 5 nitrogen and oxygen atoms in total. The average Bonchev–Trinajstić information content (AvgIpc) is 2.79. The van der Waals surface area contributed by atoms with E-state index in [4.69, 9.17) is 4.74 Å². The number of carbonyl (C=O) groups is 2. The number of urea groups is 1. The van der Waals surface area contributed by atoms with Gasteiger partial charge in [-0.25, -0.2) is 4.79 Å². The van der Waals surface area contributed by atoms with Crippen molar-refractivity contribution in [2.45, 2.75) is 58.4 Å². The molecule has 0 bridgehead atoms. The van der Waals surface area contributed by atoms with Gasteiger partial charge < -0.3 is 10.1 Å². The minimum Gasteiger partial charge on any atom is -0.492 e. The van der Waals surface area contributed by atoms with Crippen LogP contribution in [-0.2, 0) is 4.79 Å². The Hall–Kier alpha value is -2.04. The van der Waals surface area contributed by atoms with E-state index in [2.05, 4.69) is 18.3 Å². The molecule has 2 fully saturated rings. The van der Waals surface area contributed by atoms with E-state index in [-0.39, 0.29) is 18.5 Å². The summed E-state index contributed by atoms with van der Waals surface area (Å²) >= 11 is 0. The fourth-order valence-corrected chi connectivity index (χ4v) is 4.07. The first-order valence-corrected chi connectivity index (χ1v) is 9.29. The van der Waals surface area contributed by atoms with Gasteiger partial charge in [-0.15, -0.1) is 0 Å². The van der Waals surface area contributed by atoms with Crippen molar-refractivity contribution in [3.63, 3.8) is 0 Å². The lowest BCUT2D eigenvalue weighted by Gasteiger charge is -2.34. The summed E-state index contributed by atoms with van der Waals surface area (Å²) in [5, 5.41) is 2.96. The van der Waals surface area contributed by atoms with Crippen LogP contribution in [0, 0.1) is 19.8 Å². The summed E-state index contributed by atoms with van der Waals surface area (Å²) in [6.07, 6.45) is 4.67. The molecule has 1 aliphatic heterocycles. The minimum absolute atomic E-state index is 0.0731. The highest BCUT2D eigenvalue weighted by Crippen LogP contribution is 2.37. The third kappa shape index (κ3) is 3.65. The number of ether oxygens (including phenoxy) is 1. The fraction of sp³-hybridized carbons (Fsp3) is 0.600. The van der Waals surface area contributed by atoms with Crippen LogP contribution in [0.25, 0.3) is 0 Å². The van der Waals surface area contributed by atoms with Gasteiger partial charge >= 0.3 is 6.03 Å². The van der Waals surface area contributed by atoms with Gasteiger partial charge in [0.25, 0.3) is 5.91 Å². The Labute approximate surface area is 149 Å². The topological polar surface area (TPSA) is 58.6 Å². The molecule has 1 aromatic carbocycles. The molecule has 0 aromatic heterocycles. The number of amides is 3. The van der Waals surface area contributed by atoms with Crippen LogP contribution in [0.4, 0.5) is 4.79 Å². The average molecular weight is 344 g/mol. The van der Waals surface area contributed by atoms with Crippen LogP contribution in [0.3, 0.4) is 0 Å². The van der Waals surface area contributed by atoms with Gasteiger partial charge in [0.05, 0.1) is 6.54 Å². The smallest absolute Gasteiger partial charge is 0.325 e. The molecular weight excluding hydrogens is 316 g/mol. The van der Waals surface area contributed by atoms with Crippen LogP contribution in [0.15, 0.2) is 18.2 Å². The molecule has 5 heteroatoms. The molecule has 0 radical (unpaired) electrons. The molecule has 1 spiro atoms. The predicted molar refractivity (Wildman–Crippen MR) is 96.6 cm³/mol. The molecule has 3 amide bonds. The third-order valence-corrected chi connectivity index (χ3v) is 5.56. The summed E-state index contributed by atoms with van der Waals surface area (Å²) in [5.41, 5.74) is 1.61. The number of benzene rings is 1. The first kappa shape index (κ1) is 17.8. The maximum Gasteiger partial charge on any atom is 0.325 e. The zero-order valence-corrected chi connectivity index (χ0v) is 15.4. The van der Waals surface area contributed by atoms with Crippen LogP contribution in [0.5, 0.6) is 5.75 Å². The van der Waals surface area contributed by atoms with Crippen molar-refractivity contribution in [3.8, 4) is 5.75 Å². The lowest BCUT2D eigenvalue weighted by molar-refractivity contribution is -0.133. The molecule has 1 N–H and O–H groups in total. The lowest BCUT2D eigenvalue weighted by Crippen LogP contribution is -2.49. The van der Waals surface area contributed by atoms with Crippen LogP contribution >= 0.6 is 0 Å². The van der Waals surface area contributed by atoms with Gasteiger partial charge in [0, 0.05) is 0 Å². The van der Waals surface area contributed by atoms with Crippen LogP contribution < -0.4 is 10.1 Å². The first-order valence-electron chi connectivity index (χ1n) is 9.29. The lowest BCUT2D eigenvalue weighted by atomic mass is 9.75. The molecule has 1 aliphatic carbocycles. The first-order chi connectivity index (χ1) is 11.9. The highest BCUT2D eigenvalue weighted by atomic mass is 16.5. The number of nitrogens with zero attached hydrogens (tertiary/aromatic N) is 1. The summed E-state index contributed by atoms with van der Waals surface area (Å²) in [4.78, 5) is 26.5. The van der Waals surface area contributed by atoms with Gasteiger partial charge in [-0.2, -0.15) is 0 Å². The second-order valence-electron chi connectivity index (χ2n) is 7.49. The van der Waals surface area contributed by atoms with Crippen molar-refractivity contribution in [1.29, 1.82) is 0 Å². The van der Waals surface area contributed by atoms with Crippen molar-refractivity contribution < 1.29 is 14.3 Å². The second-order valence-corrected chi connectivity index (χ2v) is 7.49. The Bertz CT molecular complexity index is 643. The highest BCUT2D eigenvalue weighted by molar-refractivity contribution is 6.07. The van der Waals surface area contributed by atoms with Crippen molar-refractivity contribution in [2.75, 3.05) is 13.2 Å². The zero-order chi connectivity index (χ0) is 18.0. The van der Waals surface area contributed by atoms with E-state index < -0.39 is 5.54 Å². The van der Waals surface area contributed by atoms with Gasteiger partial charge in [-0.1, -0.05) is 19.4 Å². The van der Waals surface area contributed by atoms with Crippen LogP contribution in [-0.4, -0.2) is 35.5 Å². The number of hydrogen-bond acceptors (Lipinski definition) is 3. The van der Waals surface area contributed by atoms with E-state index in [1.54, 1.807) is 0 Å². The molecule has 136 valence electrons. The van der Waals surface area contributed by atoms with Gasteiger partial charge in [0.1, 0.15) is 17.9 Å². The third-order valence-electron chi connectivity index (χ3n) is 5.56. The molecular formula is C20H28N2O3. The van der Waals surface area contributed by atoms with E-state index in [0.29, 0.717) is 12.5 Å². The maximum atomic E-state index is 12.8. The summed E-state index contributed by atoms with van der Waals surface area (Å²) in [6.45, 7) is 6.84. The number of nitrogens with one attached hydrogen (secondary N) is 1. The normalized spacial score (nSPS) is 26.2. The molecule has 1 aromatic rings. The molecule has 1 saturated heterocycles. The standard InChI is InChI=1S/C20H28N2O3/c1-4-16-5-7-20(8-6-16)18(23)22(19(24)21-20)9-10-25-17-12-14(2)11-15(3)13-17/h11-13,16H,4-10H2,1-3H3,(H,21,24). The van der Waals surface area contributed by atoms with Crippen molar-refractivity contribution in [3.05, 3.63) is 29.3 Å².